The number of aryl methyl sites for hydroxylation is 2. The van der Waals surface area contributed by atoms with Gasteiger partial charge in [-0.3, -0.25) is 0 Å². The standard InChI is InChI=1S/C23H17Br.C13H13BO2.C10H6Br2/c1-16-11-12-20(22(15-16)17-7-3-2-4-8-17)19-13-14-23(24)21-10-6-5-9-18(19)21;1-10-7-8-13(14(15)16)12(9-10)11-5-3-2-4-6-11;11-9-5-6-10(12)8-4-2-1-3-7(8)9/h2-15H,1H3;2-9,15-16H,1H3;1-6H. The van der Waals surface area contributed by atoms with E-state index in [-0.39, 0.29) is 0 Å². The van der Waals surface area contributed by atoms with Crippen molar-refractivity contribution < 1.29 is 10.0 Å². The molecule has 52 heavy (non-hydrogen) atoms. The summed E-state index contributed by atoms with van der Waals surface area (Å²) in [6.07, 6.45) is 0. The molecule has 0 fully saturated rings. The molecule has 0 aliphatic heterocycles. The van der Waals surface area contributed by atoms with Crippen LogP contribution < -0.4 is 5.46 Å². The van der Waals surface area contributed by atoms with Gasteiger partial charge in [-0.2, -0.15) is 0 Å². The highest BCUT2D eigenvalue weighted by Gasteiger charge is 2.16. The van der Waals surface area contributed by atoms with Crippen molar-refractivity contribution in [2.45, 2.75) is 13.8 Å². The fourth-order valence-electron chi connectivity index (χ4n) is 6.24. The second-order valence-corrected chi connectivity index (χ2v) is 15.0. The Morgan fingerprint density at radius 2 is 0.750 bits per heavy atom. The number of hydrogen-bond acceptors (Lipinski definition) is 2. The summed E-state index contributed by atoms with van der Waals surface area (Å²) in [6.45, 7) is 4.13. The maximum Gasteiger partial charge on any atom is 0.489 e. The van der Waals surface area contributed by atoms with Crippen molar-refractivity contribution in [2.24, 2.45) is 0 Å². The van der Waals surface area contributed by atoms with E-state index in [1.807, 2.05) is 73.7 Å². The third kappa shape index (κ3) is 8.83. The predicted molar refractivity (Wildman–Crippen MR) is 233 cm³/mol. The Morgan fingerprint density at radius 1 is 0.365 bits per heavy atom. The normalized spacial score (nSPS) is 10.6. The smallest absolute Gasteiger partial charge is 0.423 e. The second-order valence-electron chi connectivity index (χ2n) is 12.5. The van der Waals surface area contributed by atoms with E-state index >= 15 is 0 Å². The van der Waals surface area contributed by atoms with Gasteiger partial charge in [0, 0.05) is 13.4 Å². The van der Waals surface area contributed by atoms with Gasteiger partial charge in [-0.1, -0.05) is 211 Å². The van der Waals surface area contributed by atoms with Crippen LogP contribution in [0.5, 0.6) is 0 Å². The molecular weight excluding hydrogens is 835 g/mol. The molecule has 0 bridgehead atoms. The van der Waals surface area contributed by atoms with Crippen LogP contribution in [-0.4, -0.2) is 17.2 Å². The molecule has 0 unspecified atom stereocenters. The van der Waals surface area contributed by atoms with Gasteiger partial charge in [-0.15, -0.1) is 0 Å². The van der Waals surface area contributed by atoms with Gasteiger partial charge >= 0.3 is 7.12 Å². The molecule has 8 rings (SSSR count). The summed E-state index contributed by atoms with van der Waals surface area (Å²) in [4.78, 5) is 0. The topological polar surface area (TPSA) is 40.5 Å². The predicted octanol–water partition coefficient (Wildman–Crippen LogP) is 13.0. The van der Waals surface area contributed by atoms with Crippen LogP contribution >= 0.6 is 47.8 Å². The molecule has 0 aliphatic rings. The van der Waals surface area contributed by atoms with Crippen molar-refractivity contribution in [1.29, 1.82) is 0 Å². The van der Waals surface area contributed by atoms with Gasteiger partial charge in [0.05, 0.1) is 0 Å². The van der Waals surface area contributed by atoms with E-state index < -0.39 is 7.12 Å². The van der Waals surface area contributed by atoms with Crippen LogP contribution in [0.25, 0.3) is 54.9 Å². The number of halogens is 3. The Kier molecular flexibility index (Phi) is 12.6. The molecule has 0 spiro atoms. The first-order chi connectivity index (χ1) is 25.2. The molecule has 2 N–H and O–H groups in total. The number of rotatable bonds is 4. The van der Waals surface area contributed by atoms with E-state index in [9.17, 15) is 10.0 Å². The second kappa shape index (κ2) is 17.5. The first-order valence-electron chi connectivity index (χ1n) is 16.9. The van der Waals surface area contributed by atoms with Crippen molar-refractivity contribution in [3.63, 3.8) is 0 Å². The monoisotopic (exact) mass is 868 g/mol. The summed E-state index contributed by atoms with van der Waals surface area (Å²) >= 11 is 10.7. The molecule has 8 aromatic rings. The lowest BCUT2D eigenvalue weighted by atomic mass is 9.75. The average Bonchev–Trinajstić information content (AvgIpc) is 3.18. The van der Waals surface area contributed by atoms with Crippen LogP contribution in [0.3, 0.4) is 0 Å². The van der Waals surface area contributed by atoms with Gasteiger partial charge in [-0.05, 0) is 92.4 Å². The van der Waals surface area contributed by atoms with Gasteiger partial charge in [-0.25, -0.2) is 0 Å². The zero-order valence-electron chi connectivity index (χ0n) is 28.8. The summed E-state index contributed by atoms with van der Waals surface area (Å²) in [6, 6.07) is 58.0. The lowest BCUT2D eigenvalue weighted by Gasteiger charge is -2.14. The fourth-order valence-corrected chi connectivity index (χ4v) is 7.67. The highest BCUT2D eigenvalue weighted by Crippen LogP contribution is 2.39. The highest BCUT2D eigenvalue weighted by atomic mass is 79.9. The van der Waals surface area contributed by atoms with E-state index in [1.165, 1.54) is 49.4 Å². The molecule has 0 atom stereocenters. The summed E-state index contributed by atoms with van der Waals surface area (Å²) in [5.74, 6) is 0. The molecule has 6 heteroatoms. The molecule has 2 nitrogen and oxygen atoms in total. The van der Waals surface area contributed by atoms with Crippen molar-refractivity contribution >= 4 is 81.9 Å². The Hall–Kier alpha value is -4.30. The van der Waals surface area contributed by atoms with Crippen LogP contribution in [0.4, 0.5) is 0 Å². The largest absolute Gasteiger partial charge is 0.489 e. The molecule has 0 heterocycles. The first-order valence-corrected chi connectivity index (χ1v) is 19.3. The van der Waals surface area contributed by atoms with E-state index in [0.717, 1.165) is 30.1 Å². The Bertz CT molecular complexity index is 2410. The molecule has 0 saturated heterocycles. The van der Waals surface area contributed by atoms with Crippen molar-refractivity contribution in [3.05, 3.63) is 194 Å². The summed E-state index contributed by atoms with van der Waals surface area (Å²) in [5.41, 5.74) is 9.86. The minimum Gasteiger partial charge on any atom is -0.423 e. The minimum absolute atomic E-state index is 0.539. The lowest BCUT2D eigenvalue weighted by molar-refractivity contribution is 0.426. The number of benzene rings is 8. The third-order valence-corrected chi connectivity index (χ3v) is 10.9. The van der Waals surface area contributed by atoms with Crippen LogP contribution in [-0.2, 0) is 0 Å². The van der Waals surface area contributed by atoms with Crippen LogP contribution in [0.15, 0.2) is 183 Å². The van der Waals surface area contributed by atoms with E-state index in [1.54, 1.807) is 6.07 Å². The van der Waals surface area contributed by atoms with E-state index in [2.05, 4.69) is 152 Å². The highest BCUT2D eigenvalue weighted by molar-refractivity contribution is 9.11. The SMILES string of the molecule is Brc1ccc(Br)c2ccccc12.Cc1ccc(-c2ccc(Br)c3ccccc23)c(-c2ccccc2)c1.Cc1ccc(B(O)O)c(-c2ccccc2)c1. The molecule has 0 aliphatic carbocycles. The van der Waals surface area contributed by atoms with E-state index in [4.69, 9.17) is 0 Å². The molecule has 8 aromatic carbocycles. The average molecular weight is 871 g/mol. The van der Waals surface area contributed by atoms with Gasteiger partial charge in [0.15, 0.2) is 0 Å². The van der Waals surface area contributed by atoms with Crippen LogP contribution in [0.1, 0.15) is 11.1 Å². The first kappa shape index (κ1) is 37.5. The third-order valence-electron chi connectivity index (χ3n) is 8.81. The van der Waals surface area contributed by atoms with Gasteiger partial charge in [0.1, 0.15) is 0 Å². The molecule has 0 radical (unpaired) electrons. The van der Waals surface area contributed by atoms with E-state index in [0.29, 0.717) is 5.46 Å². The fraction of sp³-hybridized carbons (Fsp3) is 0.0435. The molecule has 0 amide bonds. The van der Waals surface area contributed by atoms with Crippen molar-refractivity contribution in [1.82, 2.24) is 0 Å². The molecular formula is C46H36BBr3O2. The summed E-state index contributed by atoms with van der Waals surface area (Å²) < 4.78 is 3.41. The maximum absolute atomic E-state index is 9.31. The zero-order valence-corrected chi connectivity index (χ0v) is 33.5. The zero-order chi connectivity index (χ0) is 36.6. The lowest BCUT2D eigenvalue weighted by Crippen LogP contribution is -2.31. The van der Waals surface area contributed by atoms with Gasteiger partial charge < -0.3 is 10.0 Å². The Balaban J connectivity index is 0.000000143. The van der Waals surface area contributed by atoms with Gasteiger partial charge in [0.2, 0.25) is 0 Å². The quantitative estimate of drug-likeness (QED) is 0.173. The summed E-state index contributed by atoms with van der Waals surface area (Å²) in [7, 11) is -1.43. The summed E-state index contributed by atoms with van der Waals surface area (Å²) in [5, 5.41) is 23.6. The number of hydrogen-bond donors (Lipinski definition) is 2. The molecule has 256 valence electrons. The Morgan fingerprint density at radius 3 is 1.27 bits per heavy atom. The number of fused-ring (bicyclic) bond motifs is 2. The maximum atomic E-state index is 9.31. The molecule has 0 saturated carbocycles. The van der Waals surface area contributed by atoms with Crippen molar-refractivity contribution in [3.8, 4) is 33.4 Å². The van der Waals surface area contributed by atoms with Gasteiger partial charge in [0.25, 0.3) is 0 Å². The van der Waals surface area contributed by atoms with Crippen molar-refractivity contribution in [2.75, 3.05) is 0 Å². The Labute approximate surface area is 331 Å². The molecule has 0 aromatic heterocycles. The van der Waals surface area contributed by atoms with Crippen LogP contribution in [0, 0.1) is 13.8 Å². The van der Waals surface area contributed by atoms with Crippen LogP contribution in [0.2, 0.25) is 0 Å². The minimum atomic E-state index is -1.43.